The predicted molar refractivity (Wildman–Crippen MR) is 75.6 cm³/mol. The molecule has 0 aliphatic carbocycles. The van der Waals surface area contributed by atoms with Crippen LogP contribution in [0.4, 0.5) is 11.4 Å². The number of amides is 1. The van der Waals surface area contributed by atoms with Crippen molar-refractivity contribution in [1.29, 1.82) is 0 Å². The monoisotopic (exact) mass is 350 g/mol. The number of hydrogen-bond donors (Lipinski definition) is 1. The van der Waals surface area contributed by atoms with Gasteiger partial charge in [-0.1, -0.05) is 27.5 Å². The number of halogens is 2. The molecule has 1 fully saturated rings. The van der Waals surface area contributed by atoms with Crippen LogP contribution in [-0.4, -0.2) is 22.6 Å². The average molecular weight is 352 g/mol. The van der Waals surface area contributed by atoms with E-state index in [4.69, 9.17) is 11.6 Å². The molecule has 2 rings (SSSR count). The fourth-order valence-corrected chi connectivity index (χ4v) is 3.08. The first-order chi connectivity index (χ1) is 8.40. The third-order valence-electron chi connectivity index (χ3n) is 2.58. The Morgan fingerprint density at radius 3 is 2.72 bits per heavy atom. The first-order valence-corrected chi connectivity index (χ1v) is 6.70. The van der Waals surface area contributed by atoms with Crippen molar-refractivity contribution >= 4 is 57.4 Å². The second kappa shape index (κ2) is 5.07. The Labute approximate surface area is 122 Å². The van der Waals surface area contributed by atoms with E-state index in [9.17, 15) is 14.9 Å². The number of benzene rings is 1. The molecule has 0 N–H and O–H groups in total. The van der Waals surface area contributed by atoms with Crippen molar-refractivity contribution in [3.05, 3.63) is 31.7 Å². The summed E-state index contributed by atoms with van der Waals surface area (Å²) in [5.41, 5.74) is -0.0448. The number of anilines is 1. The Kier molecular flexibility index (Phi) is 3.84. The molecule has 0 spiro atoms. The van der Waals surface area contributed by atoms with Crippen LogP contribution in [0.5, 0.6) is 0 Å². The molecule has 1 amide bonds. The van der Waals surface area contributed by atoms with Crippen molar-refractivity contribution in [1.82, 2.24) is 0 Å². The first-order valence-electron chi connectivity index (χ1n) is 5.02. The predicted octanol–water partition coefficient (Wildman–Crippen LogP) is 3.05. The van der Waals surface area contributed by atoms with Crippen molar-refractivity contribution < 1.29 is 9.72 Å². The molecule has 5 nitrogen and oxygen atoms in total. The largest absolute Gasteiger partial charge is 0.304 e. The minimum atomic E-state index is -0.550. The summed E-state index contributed by atoms with van der Waals surface area (Å²) in [6.07, 6.45) is 0.257. The summed E-state index contributed by atoms with van der Waals surface area (Å²) < 4.78 is 0.497. The van der Waals surface area contributed by atoms with E-state index in [-0.39, 0.29) is 34.0 Å². The Bertz CT molecular complexity index is 540. The van der Waals surface area contributed by atoms with Crippen LogP contribution >= 0.6 is 40.2 Å². The average Bonchev–Trinajstić information content (AvgIpc) is 2.56. The number of nitro benzene ring substituents is 1. The molecule has 96 valence electrons. The molecule has 1 aliphatic heterocycles. The second-order valence-electron chi connectivity index (χ2n) is 3.87. The van der Waals surface area contributed by atoms with Gasteiger partial charge in [-0.15, -0.1) is 0 Å². The summed E-state index contributed by atoms with van der Waals surface area (Å²) >= 11 is 13.4. The zero-order chi connectivity index (χ0) is 13.4. The van der Waals surface area contributed by atoms with Gasteiger partial charge in [-0.2, -0.15) is 12.6 Å². The highest BCUT2D eigenvalue weighted by atomic mass is 79.9. The Balaban J connectivity index is 2.56. The Hall–Kier alpha value is -0.790. The van der Waals surface area contributed by atoms with Gasteiger partial charge in [-0.05, 0) is 6.07 Å². The third-order valence-corrected chi connectivity index (χ3v) is 3.67. The minimum Gasteiger partial charge on any atom is -0.304 e. The van der Waals surface area contributed by atoms with Crippen molar-refractivity contribution in [2.75, 3.05) is 11.4 Å². The molecular weight excluding hydrogens is 344 g/mol. The number of nitro groups is 1. The lowest BCUT2D eigenvalue weighted by Crippen LogP contribution is -2.25. The summed E-state index contributed by atoms with van der Waals surface area (Å²) in [4.78, 5) is 23.6. The van der Waals surface area contributed by atoms with E-state index in [1.165, 1.54) is 17.0 Å². The molecule has 1 aliphatic rings. The van der Waals surface area contributed by atoms with Gasteiger partial charge in [0.1, 0.15) is 5.69 Å². The Morgan fingerprint density at radius 2 is 2.22 bits per heavy atom. The lowest BCUT2D eigenvalue weighted by atomic mass is 10.2. The van der Waals surface area contributed by atoms with E-state index < -0.39 is 4.92 Å². The quantitative estimate of drug-likeness (QED) is 0.506. The fraction of sp³-hybridized carbons (Fsp3) is 0.300. The number of hydrogen-bond acceptors (Lipinski definition) is 4. The summed E-state index contributed by atoms with van der Waals surface area (Å²) in [6.45, 7) is 0.324. The smallest absolute Gasteiger partial charge is 0.295 e. The molecule has 1 aromatic carbocycles. The van der Waals surface area contributed by atoms with Crippen molar-refractivity contribution in [3.8, 4) is 0 Å². The van der Waals surface area contributed by atoms with Gasteiger partial charge in [0.2, 0.25) is 5.91 Å². The van der Waals surface area contributed by atoms with Crippen molar-refractivity contribution in [2.24, 2.45) is 0 Å². The van der Waals surface area contributed by atoms with Crippen LogP contribution in [0, 0.1) is 10.1 Å². The van der Waals surface area contributed by atoms with Crippen LogP contribution < -0.4 is 4.90 Å². The highest BCUT2D eigenvalue weighted by Crippen LogP contribution is 2.40. The van der Waals surface area contributed by atoms with Crippen LogP contribution in [-0.2, 0) is 4.79 Å². The van der Waals surface area contributed by atoms with Gasteiger partial charge < -0.3 is 4.90 Å². The zero-order valence-corrected chi connectivity index (χ0v) is 12.2. The molecule has 18 heavy (non-hydrogen) atoms. The van der Waals surface area contributed by atoms with Crippen molar-refractivity contribution in [3.63, 3.8) is 0 Å². The van der Waals surface area contributed by atoms with Gasteiger partial charge in [0, 0.05) is 28.8 Å². The van der Waals surface area contributed by atoms with Crippen molar-refractivity contribution in [2.45, 2.75) is 11.7 Å². The lowest BCUT2D eigenvalue weighted by Gasteiger charge is -2.17. The maximum atomic E-state index is 11.8. The lowest BCUT2D eigenvalue weighted by molar-refractivity contribution is -0.384. The summed E-state index contributed by atoms with van der Waals surface area (Å²) in [5.74, 6) is -0.206. The van der Waals surface area contributed by atoms with E-state index in [0.29, 0.717) is 11.0 Å². The second-order valence-corrected chi connectivity index (χ2v) is 5.93. The van der Waals surface area contributed by atoms with Gasteiger partial charge in [-0.25, -0.2) is 0 Å². The molecule has 8 heteroatoms. The SMILES string of the molecule is O=C1CC(S)CN1c1c(Cl)cc(Br)cc1[N+](=O)[O-]. The highest BCUT2D eigenvalue weighted by Gasteiger charge is 2.34. The van der Waals surface area contributed by atoms with E-state index >= 15 is 0 Å². The Morgan fingerprint density at radius 1 is 1.56 bits per heavy atom. The molecule has 0 aromatic heterocycles. The topological polar surface area (TPSA) is 63.5 Å². The zero-order valence-electron chi connectivity index (χ0n) is 8.97. The number of thiol groups is 1. The standard InChI is InChI=1S/C10H8BrClN2O3S/c11-5-1-7(12)10(8(2-5)14(16)17)13-4-6(18)3-9(13)15/h1-2,6,18H,3-4H2. The number of rotatable bonds is 2. The molecule has 1 unspecified atom stereocenters. The molecular formula is C10H8BrClN2O3S. The van der Waals surface area contributed by atoms with Crippen LogP contribution in [0.1, 0.15) is 6.42 Å². The first kappa shape index (κ1) is 13.6. The van der Waals surface area contributed by atoms with Gasteiger partial charge in [-0.3, -0.25) is 14.9 Å². The van der Waals surface area contributed by atoms with E-state index in [1.54, 1.807) is 0 Å². The molecule has 0 saturated carbocycles. The molecule has 1 atom stereocenters. The number of nitrogens with zero attached hydrogens (tertiary/aromatic N) is 2. The third kappa shape index (κ3) is 2.48. The number of carbonyl (C=O) groups excluding carboxylic acids is 1. The van der Waals surface area contributed by atoms with Crippen LogP contribution in [0.3, 0.4) is 0 Å². The maximum absolute atomic E-state index is 11.8. The van der Waals surface area contributed by atoms with Gasteiger partial charge >= 0.3 is 0 Å². The highest BCUT2D eigenvalue weighted by molar-refractivity contribution is 9.10. The number of carbonyl (C=O) groups is 1. The van der Waals surface area contributed by atoms with Crippen LogP contribution in [0.25, 0.3) is 0 Å². The van der Waals surface area contributed by atoms with E-state index in [1.807, 2.05) is 0 Å². The minimum absolute atomic E-state index is 0.128. The summed E-state index contributed by atoms with van der Waals surface area (Å²) in [5, 5.41) is 11.1. The van der Waals surface area contributed by atoms with E-state index in [2.05, 4.69) is 28.6 Å². The molecule has 0 radical (unpaired) electrons. The summed E-state index contributed by atoms with van der Waals surface area (Å²) in [6, 6.07) is 2.86. The molecule has 1 aromatic rings. The molecule has 1 heterocycles. The molecule has 0 bridgehead atoms. The van der Waals surface area contributed by atoms with Crippen LogP contribution in [0.2, 0.25) is 5.02 Å². The normalized spacial score (nSPS) is 19.4. The van der Waals surface area contributed by atoms with E-state index in [0.717, 1.165) is 0 Å². The fourth-order valence-electron chi connectivity index (χ4n) is 1.86. The van der Waals surface area contributed by atoms with Gasteiger partial charge in [0.05, 0.1) is 9.95 Å². The van der Waals surface area contributed by atoms with Crippen LogP contribution in [0.15, 0.2) is 16.6 Å². The maximum Gasteiger partial charge on any atom is 0.295 e. The van der Waals surface area contributed by atoms with Gasteiger partial charge in [0.15, 0.2) is 0 Å². The van der Waals surface area contributed by atoms with Gasteiger partial charge in [0.25, 0.3) is 5.69 Å². The summed E-state index contributed by atoms with van der Waals surface area (Å²) in [7, 11) is 0. The molecule has 1 saturated heterocycles.